The molecule has 0 aromatic carbocycles. The van der Waals surface area contributed by atoms with E-state index in [-0.39, 0.29) is 5.56 Å². The molecule has 15 heavy (non-hydrogen) atoms. The summed E-state index contributed by atoms with van der Waals surface area (Å²) in [5, 5.41) is 6.62. The lowest BCUT2D eigenvalue weighted by molar-refractivity contribution is 0.201. The minimum atomic E-state index is -0.132. The molecule has 0 aliphatic carbocycles. The molecular weight excluding hydrogens is 190 g/mol. The Kier molecular flexibility index (Phi) is 2.86. The van der Waals surface area contributed by atoms with Gasteiger partial charge in [0.2, 0.25) is 0 Å². The molecule has 4 heteroatoms. The first-order valence-corrected chi connectivity index (χ1v) is 5.50. The van der Waals surface area contributed by atoms with Crippen molar-refractivity contribution in [3.8, 4) is 0 Å². The Bertz CT molecular complexity index is 365. The van der Waals surface area contributed by atoms with Crippen molar-refractivity contribution >= 4 is 0 Å². The van der Waals surface area contributed by atoms with Crippen LogP contribution in [0.2, 0.25) is 0 Å². The van der Waals surface area contributed by atoms with Gasteiger partial charge in [0.05, 0.1) is 11.7 Å². The molecule has 1 aromatic heterocycles. The van der Waals surface area contributed by atoms with Gasteiger partial charge >= 0.3 is 0 Å². The molecule has 0 radical (unpaired) electrons. The van der Waals surface area contributed by atoms with Crippen LogP contribution in [0, 0.1) is 0 Å². The van der Waals surface area contributed by atoms with Crippen LogP contribution in [0.1, 0.15) is 38.4 Å². The predicted octanol–water partition coefficient (Wildman–Crippen LogP) is 1.32. The highest BCUT2D eigenvalue weighted by molar-refractivity contribution is 5.08. The van der Waals surface area contributed by atoms with Gasteiger partial charge in [0.15, 0.2) is 0 Å². The molecule has 4 nitrogen and oxygen atoms in total. The lowest BCUT2D eigenvalue weighted by Gasteiger charge is -2.27. The summed E-state index contributed by atoms with van der Waals surface area (Å²) in [5.41, 5.74) is 0.855. The molecule has 0 amide bonds. The van der Waals surface area contributed by atoms with E-state index < -0.39 is 0 Å². The predicted molar refractivity (Wildman–Crippen MR) is 58.7 cm³/mol. The molecule has 1 unspecified atom stereocenters. The monoisotopic (exact) mass is 207 g/mol. The Labute approximate surface area is 89.3 Å². The van der Waals surface area contributed by atoms with Crippen LogP contribution in [0.5, 0.6) is 0 Å². The van der Waals surface area contributed by atoms with E-state index in [0.717, 1.165) is 18.7 Å². The van der Waals surface area contributed by atoms with Crippen LogP contribution < -0.4 is 5.56 Å². The first kappa shape index (κ1) is 10.4. The molecule has 2 rings (SSSR count). The van der Waals surface area contributed by atoms with Gasteiger partial charge in [-0.15, -0.1) is 0 Å². The van der Waals surface area contributed by atoms with Crippen LogP contribution in [-0.2, 0) is 0 Å². The SMILES string of the molecule is CC(C)N1CCCC1c1ccc(=O)[nH]n1. The maximum absolute atomic E-state index is 10.9. The third kappa shape index (κ3) is 2.09. The first-order chi connectivity index (χ1) is 7.18. The number of hydrogen-bond donors (Lipinski definition) is 1. The van der Waals surface area contributed by atoms with E-state index in [2.05, 4.69) is 28.9 Å². The van der Waals surface area contributed by atoms with Crippen LogP contribution >= 0.6 is 0 Å². The molecule has 1 aromatic rings. The topological polar surface area (TPSA) is 49.0 Å². The fourth-order valence-corrected chi connectivity index (χ4v) is 2.27. The van der Waals surface area contributed by atoms with Crippen LogP contribution in [0.4, 0.5) is 0 Å². The van der Waals surface area contributed by atoms with Gasteiger partial charge in [-0.25, -0.2) is 5.10 Å². The maximum Gasteiger partial charge on any atom is 0.264 e. The molecule has 1 aliphatic rings. The van der Waals surface area contributed by atoms with Crippen molar-refractivity contribution in [1.82, 2.24) is 15.1 Å². The summed E-state index contributed by atoms with van der Waals surface area (Å²) in [6.45, 7) is 5.52. The number of hydrogen-bond acceptors (Lipinski definition) is 3. The average Bonchev–Trinajstić information content (AvgIpc) is 2.67. The number of aromatic amines is 1. The average molecular weight is 207 g/mol. The van der Waals surface area contributed by atoms with Crippen molar-refractivity contribution in [3.63, 3.8) is 0 Å². The quantitative estimate of drug-likeness (QED) is 0.795. The van der Waals surface area contributed by atoms with E-state index in [1.165, 1.54) is 6.42 Å². The number of nitrogens with one attached hydrogen (secondary N) is 1. The molecular formula is C11H17N3O. The van der Waals surface area contributed by atoms with Gasteiger partial charge in [0.1, 0.15) is 0 Å². The third-order valence-corrected chi connectivity index (χ3v) is 3.00. The van der Waals surface area contributed by atoms with Crippen LogP contribution in [-0.4, -0.2) is 27.7 Å². The van der Waals surface area contributed by atoms with Crippen LogP contribution in [0.25, 0.3) is 0 Å². The highest BCUT2D eigenvalue weighted by atomic mass is 16.1. The summed E-state index contributed by atoms with van der Waals surface area (Å²) < 4.78 is 0. The number of rotatable bonds is 2. The second-order valence-electron chi connectivity index (χ2n) is 4.34. The molecule has 1 aliphatic heterocycles. The molecule has 2 heterocycles. The molecule has 1 fully saturated rings. The summed E-state index contributed by atoms with van der Waals surface area (Å²) in [5.74, 6) is 0. The Balaban J connectivity index is 2.22. The van der Waals surface area contributed by atoms with Gasteiger partial charge in [-0.05, 0) is 39.3 Å². The van der Waals surface area contributed by atoms with Gasteiger partial charge in [0, 0.05) is 12.1 Å². The second-order valence-corrected chi connectivity index (χ2v) is 4.34. The van der Waals surface area contributed by atoms with Crippen molar-refractivity contribution in [2.75, 3.05) is 6.54 Å². The molecule has 0 spiro atoms. The Morgan fingerprint density at radius 1 is 1.53 bits per heavy atom. The smallest absolute Gasteiger partial charge is 0.264 e. The summed E-state index contributed by atoms with van der Waals surface area (Å²) in [6, 6.07) is 4.30. The van der Waals surface area contributed by atoms with Crippen molar-refractivity contribution in [2.45, 2.75) is 38.8 Å². The van der Waals surface area contributed by atoms with E-state index in [9.17, 15) is 4.79 Å². The number of likely N-dealkylation sites (tertiary alicyclic amines) is 1. The summed E-state index contributed by atoms with van der Waals surface area (Å²) in [4.78, 5) is 13.4. The summed E-state index contributed by atoms with van der Waals surface area (Å²) in [7, 11) is 0. The zero-order valence-corrected chi connectivity index (χ0v) is 9.23. The van der Waals surface area contributed by atoms with E-state index in [1.807, 2.05) is 6.07 Å². The van der Waals surface area contributed by atoms with Gasteiger partial charge in [-0.1, -0.05) is 0 Å². The third-order valence-electron chi connectivity index (χ3n) is 3.00. The van der Waals surface area contributed by atoms with Gasteiger partial charge in [0.25, 0.3) is 5.56 Å². The zero-order chi connectivity index (χ0) is 10.8. The molecule has 1 N–H and O–H groups in total. The van der Waals surface area contributed by atoms with E-state index in [0.29, 0.717) is 12.1 Å². The minimum Gasteiger partial charge on any atom is -0.292 e. The van der Waals surface area contributed by atoms with Crippen molar-refractivity contribution in [3.05, 3.63) is 28.2 Å². The normalized spacial score (nSPS) is 22.5. The van der Waals surface area contributed by atoms with E-state index in [4.69, 9.17) is 0 Å². The highest BCUT2D eigenvalue weighted by Crippen LogP contribution is 2.31. The maximum atomic E-state index is 10.9. The molecule has 0 saturated carbocycles. The summed E-state index contributed by atoms with van der Waals surface area (Å²) >= 11 is 0. The Hall–Kier alpha value is -1.16. The highest BCUT2D eigenvalue weighted by Gasteiger charge is 2.28. The van der Waals surface area contributed by atoms with Crippen LogP contribution in [0.3, 0.4) is 0 Å². The Morgan fingerprint density at radius 3 is 2.93 bits per heavy atom. The molecule has 82 valence electrons. The largest absolute Gasteiger partial charge is 0.292 e. The minimum absolute atomic E-state index is 0.132. The van der Waals surface area contributed by atoms with Crippen molar-refractivity contribution in [2.24, 2.45) is 0 Å². The van der Waals surface area contributed by atoms with Gasteiger partial charge < -0.3 is 0 Å². The van der Waals surface area contributed by atoms with Gasteiger partial charge in [-0.2, -0.15) is 5.10 Å². The lowest BCUT2D eigenvalue weighted by Crippen LogP contribution is -2.31. The molecule has 0 bridgehead atoms. The number of aromatic nitrogens is 2. The van der Waals surface area contributed by atoms with E-state index in [1.54, 1.807) is 6.07 Å². The van der Waals surface area contributed by atoms with Crippen molar-refractivity contribution < 1.29 is 0 Å². The van der Waals surface area contributed by atoms with E-state index >= 15 is 0 Å². The lowest BCUT2D eigenvalue weighted by atomic mass is 10.1. The first-order valence-electron chi connectivity index (χ1n) is 5.50. The number of nitrogens with zero attached hydrogens (tertiary/aromatic N) is 2. The van der Waals surface area contributed by atoms with Crippen LogP contribution in [0.15, 0.2) is 16.9 Å². The Morgan fingerprint density at radius 2 is 2.33 bits per heavy atom. The molecule has 1 saturated heterocycles. The molecule has 1 atom stereocenters. The standard InChI is InChI=1S/C11H17N3O/c1-8(2)14-7-3-4-10(14)9-5-6-11(15)13-12-9/h5-6,8,10H,3-4,7H2,1-2H3,(H,13,15). The fourth-order valence-electron chi connectivity index (χ4n) is 2.27. The summed E-state index contributed by atoms with van der Waals surface area (Å²) in [6.07, 6.45) is 2.35. The van der Waals surface area contributed by atoms with Gasteiger partial charge in [-0.3, -0.25) is 9.69 Å². The second kappa shape index (κ2) is 4.14. The number of H-pyrrole nitrogens is 1. The zero-order valence-electron chi connectivity index (χ0n) is 9.23. The van der Waals surface area contributed by atoms with Crippen molar-refractivity contribution in [1.29, 1.82) is 0 Å². The fraction of sp³-hybridized carbons (Fsp3) is 0.636.